The van der Waals surface area contributed by atoms with Crippen LogP contribution in [0.4, 0.5) is 5.69 Å². The van der Waals surface area contributed by atoms with Gasteiger partial charge in [-0.2, -0.15) is 4.57 Å². The fourth-order valence-electron chi connectivity index (χ4n) is 6.09. The average molecular weight is 773 g/mol. The second kappa shape index (κ2) is 13.7. The summed E-state index contributed by atoms with van der Waals surface area (Å²) in [5.41, 5.74) is 5.19. The second-order valence-corrected chi connectivity index (χ2v) is 11.8. The highest BCUT2D eigenvalue weighted by Crippen LogP contribution is 2.37. The summed E-state index contributed by atoms with van der Waals surface area (Å²) >= 11 is 0. The quantitative estimate of drug-likeness (QED) is 0.103. The van der Waals surface area contributed by atoms with Gasteiger partial charge < -0.3 is 71.6 Å². The van der Waals surface area contributed by atoms with Crippen molar-refractivity contribution in [2.45, 2.75) is 19.3 Å². The van der Waals surface area contributed by atoms with Crippen LogP contribution in [0.25, 0.3) is 33.0 Å². The molecule has 218 valence electrons. The van der Waals surface area contributed by atoms with Crippen LogP contribution in [-0.2, 0) is 11.8 Å². The van der Waals surface area contributed by atoms with Crippen LogP contribution in [0.5, 0.6) is 5.75 Å². The molecule has 9 heteroatoms. The maximum atomic E-state index is 6.52. The van der Waals surface area contributed by atoms with E-state index in [-0.39, 0.29) is 48.0 Å². The molecule has 0 saturated carbocycles. The Bertz CT molecular complexity index is 1420. The van der Waals surface area contributed by atoms with Crippen LogP contribution in [0.3, 0.4) is 0 Å². The molecule has 0 unspecified atom stereocenters. The summed E-state index contributed by atoms with van der Waals surface area (Å²) in [5, 5.41) is 6.03. The summed E-state index contributed by atoms with van der Waals surface area (Å²) in [6.07, 6.45) is 3.53. The van der Waals surface area contributed by atoms with Gasteiger partial charge in [0.1, 0.15) is 18.4 Å². The second-order valence-electron chi connectivity index (χ2n) is 11.8. The first-order valence-electron chi connectivity index (χ1n) is 14.2. The Labute approximate surface area is 271 Å². The molecule has 0 spiro atoms. The van der Waals surface area contributed by atoms with Crippen LogP contribution in [0.2, 0.25) is 0 Å². The van der Waals surface area contributed by atoms with E-state index in [4.69, 9.17) is 13.9 Å². The Kier molecular flexibility index (Phi) is 10.8. The Morgan fingerprint density at radius 2 is 1.77 bits per heavy atom. The van der Waals surface area contributed by atoms with Crippen molar-refractivity contribution >= 4 is 38.7 Å². The van der Waals surface area contributed by atoms with Gasteiger partial charge in [0.15, 0.2) is 0 Å². The molecule has 4 aromatic rings. The van der Waals surface area contributed by atoms with E-state index in [0.29, 0.717) is 5.92 Å². The molecule has 4 heterocycles. The van der Waals surface area contributed by atoms with Crippen molar-refractivity contribution in [3.8, 4) is 5.75 Å². The van der Waals surface area contributed by atoms with Gasteiger partial charge in [-0.25, -0.2) is 0 Å². The minimum Gasteiger partial charge on any atom is -1.00 e. The molecule has 0 bridgehead atoms. The van der Waals surface area contributed by atoms with Crippen molar-refractivity contribution < 1.29 is 70.9 Å². The minimum absolute atomic E-state index is 0. The van der Waals surface area contributed by atoms with Gasteiger partial charge in [0.25, 0.3) is 5.52 Å². The number of likely N-dealkylation sites (tertiary alicyclic amines) is 1. The van der Waals surface area contributed by atoms with Crippen LogP contribution >= 0.6 is 0 Å². The normalized spacial score (nSPS) is 18.0. The number of aryl methyl sites for hydroxylation is 1. The zero-order valence-electron chi connectivity index (χ0n) is 23.9. The third-order valence-corrected chi connectivity index (χ3v) is 8.56. The van der Waals surface area contributed by atoms with Crippen LogP contribution < -0.4 is 62.6 Å². The molecule has 0 amide bonds. The highest BCUT2D eigenvalue weighted by Gasteiger charge is 2.27. The first-order chi connectivity index (χ1) is 18.5. The van der Waals surface area contributed by atoms with Gasteiger partial charge in [0, 0.05) is 44.5 Å². The number of hydrogen-bond donors (Lipinski definition) is 1. The van der Waals surface area contributed by atoms with E-state index in [1.54, 1.807) is 0 Å². The van der Waals surface area contributed by atoms with Gasteiger partial charge in [0.05, 0.1) is 63.5 Å². The number of pyridine rings is 1. The van der Waals surface area contributed by atoms with Gasteiger partial charge >= 0.3 is 0 Å². The molecular formula is C31H42I2N4O3. The molecule has 2 aromatic heterocycles. The molecule has 2 fully saturated rings. The monoisotopic (exact) mass is 772 g/mol. The first-order valence-corrected chi connectivity index (χ1v) is 14.2. The lowest BCUT2D eigenvalue weighted by Gasteiger charge is -2.37. The molecule has 2 aromatic carbocycles. The molecule has 2 aliphatic rings. The number of piperidine rings is 1. The summed E-state index contributed by atoms with van der Waals surface area (Å²) < 4.78 is 21.8. The number of furan rings is 1. The highest BCUT2D eigenvalue weighted by molar-refractivity contribution is 6.11. The molecule has 2 aliphatic heterocycles. The standard InChI is InChI=1S/C31H41N4O3.2HI/c1-33-27-8-5-4-7-25(27)29(32-13-6-14-34-15-19-36-20-16-34)31-30(33)26-21-24(9-10-28(26)38-31)37-22-23-11-17-35(2,3)18-12-23;;/h4-5,7-10,21,23H,6,11-20,22H2,1-3H3;2*1H/q+1;;/p-1. The number of ether oxygens (including phenoxy) is 2. The molecule has 40 heavy (non-hydrogen) atoms. The van der Waals surface area contributed by atoms with Crippen molar-refractivity contribution in [3.05, 3.63) is 42.5 Å². The number of aromatic nitrogens is 1. The number of para-hydroxylation sites is 1. The SMILES string of the molecule is C[n+]1c2ccccc2c(NCCCN2CCOCC2)c2oc3ccc(OCC4CC[N+](C)(C)CC4)cc3c21.[I-].[I-]. The number of fused-ring (bicyclic) bond motifs is 4. The van der Waals surface area contributed by atoms with E-state index in [1.807, 2.05) is 0 Å². The minimum atomic E-state index is 0. The number of anilines is 1. The lowest BCUT2D eigenvalue weighted by molar-refractivity contribution is -0.896. The Morgan fingerprint density at radius 1 is 1.02 bits per heavy atom. The zero-order valence-corrected chi connectivity index (χ0v) is 28.2. The lowest BCUT2D eigenvalue weighted by atomic mass is 9.97. The number of rotatable bonds is 8. The summed E-state index contributed by atoms with van der Waals surface area (Å²) in [6.45, 7) is 8.96. The topological polar surface area (TPSA) is 50.8 Å². The van der Waals surface area contributed by atoms with E-state index in [1.165, 1.54) is 36.8 Å². The number of hydrogen-bond acceptors (Lipinski definition) is 5. The predicted octanol–water partition coefficient (Wildman–Crippen LogP) is -1.43. The largest absolute Gasteiger partial charge is 1.00 e. The van der Waals surface area contributed by atoms with Crippen LogP contribution in [-0.4, -0.2) is 82.6 Å². The summed E-state index contributed by atoms with van der Waals surface area (Å²) in [6, 6.07) is 14.9. The number of quaternary nitrogens is 1. The average Bonchev–Trinajstić information content (AvgIpc) is 3.31. The van der Waals surface area contributed by atoms with Gasteiger partial charge in [-0.1, -0.05) is 12.1 Å². The molecule has 1 N–H and O–H groups in total. The molecule has 0 radical (unpaired) electrons. The van der Waals surface area contributed by atoms with E-state index in [9.17, 15) is 0 Å². The van der Waals surface area contributed by atoms with Crippen molar-refractivity contribution in [2.75, 3.05) is 78.5 Å². The fourth-order valence-corrected chi connectivity index (χ4v) is 6.09. The Morgan fingerprint density at radius 3 is 2.55 bits per heavy atom. The molecule has 0 aliphatic carbocycles. The highest BCUT2D eigenvalue weighted by atomic mass is 127. The van der Waals surface area contributed by atoms with Gasteiger partial charge in [-0.3, -0.25) is 4.90 Å². The maximum Gasteiger partial charge on any atom is 0.261 e. The number of benzene rings is 2. The Hall–Kier alpha value is -1.41. The third-order valence-electron chi connectivity index (χ3n) is 8.56. The first kappa shape index (κ1) is 31.5. The number of halogens is 2. The van der Waals surface area contributed by atoms with Crippen LogP contribution in [0, 0.1) is 5.92 Å². The van der Waals surface area contributed by atoms with Gasteiger partial charge in [-0.15, -0.1) is 0 Å². The maximum absolute atomic E-state index is 6.52. The Balaban J connectivity index is 0.00000185. The van der Waals surface area contributed by atoms with E-state index in [0.717, 1.165) is 90.4 Å². The van der Waals surface area contributed by atoms with Crippen molar-refractivity contribution in [1.82, 2.24) is 4.90 Å². The van der Waals surface area contributed by atoms with Gasteiger partial charge in [0.2, 0.25) is 11.1 Å². The summed E-state index contributed by atoms with van der Waals surface area (Å²) in [4.78, 5) is 2.49. The van der Waals surface area contributed by atoms with E-state index >= 15 is 0 Å². The van der Waals surface area contributed by atoms with Crippen molar-refractivity contribution in [1.29, 1.82) is 0 Å². The summed E-state index contributed by atoms with van der Waals surface area (Å²) in [5.74, 6) is 1.55. The molecular weight excluding hydrogens is 730 g/mol. The van der Waals surface area contributed by atoms with E-state index < -0.39 is 0 Å². The van der Waals surface area contributed by atoms with Crippen molar-refractivity contribution in [3.63, 3.8) is 0 Å². The number of nitrogens with zero attached hydrogens (tertiary/aromatic N) is 3. The zero-order chi connectivity index (χ0) is 26.1. The van der Waals surface area contributed by atoms with Crippen molar-refractivity contribution in [2.24, 2.45) is 13.0 Å². The molecule has 0 atom stereocenters. The number of morpholine rings is 1. The smallest absolute Gasteiger partial charge is 0.261 e. The van der Waals surface area contributed by atoms with Crippen LogP contribution in [0.15, 0.2) is 46.9 Å². The number of nitrogens with one attached hydrogen (secondary N) is 1. The van der Waals surface area contributed by atoms with E-state index in [2.05, 4.69) is 78.4 Å². The molecule has 7 nitrogen and oxygen atoms in total. The fraction of sp³-hybridized carbons (Fsp3) is 0.516. The van der Waals surface area contributed by atoms with Crippen LogP contribution in [0.1, 0.15) is 19.3 Å². The summed E-state index contributed by atoms with van der Waals surface area (Å²) in [7, 11) is 6.79. The predicted molar refractivity (Wildman–Crippen MR) is 153 cm³/mol. The molecule has 2 saturated heterocycles. The third kappa shape index (κ3) is 6.79. The lowest BCUT2D eigenvalue weighted by Crippen LogP contribution is -3.00. The van der Waals surface area contributed by atoms with Gasteiger partial charge in [-0.05, 0) is 37.2 Å². The molecule has 6 rings (SSSR count).